The predicted molar refractivity (Wildman–Crippen MR) is 191 cm³/mol. The Balaban J connectivity index is 1.07. The van der Waals surface area contributed by atoms with Crippen molar-refractivity contribution >= 4 is 17.8 Å². The van der Waals surface area contributed by atoms with Gasteiger partial charge in [-0.15, -0.1) is 0 Å². The molecule has 6 rings (SSSR count). The van der Waals surface area contributed by atoms with Crippen LogP contribution in [0, 0.1) is 11.7 Å². The van der Waals surface area contributed by atoms with Crippen LogP contribution in [-0.2, 0) is 17.7 Å². The number of carbonyl (C=O) groups excluding carboxylic acids is 2. The molecule has 0 aliphatic carbocycles. The van der Waals surface area contributed by atoms with Gasteiger partial charge in [0, 0.05) is 94.5 Å². The summed E-state index contributed by atoms with van der Waals surface area (Å²) in [4.78, 5) is 45.6. The van der Waals surface area contributed by atoms with E-state index in [2.05, 4.69) is 19.9 Å². The molecule has 0 atom stereocenters. The number of alkyl halides is 3. The second-order valence-electron chi connectivity index (χ2n) is 15.4. The third-order valence-electron chi connectivity index (χ3n) is 9.59. The molecular formula is C38H47F4N7O5. The van der Waals surface area contributed by atoms with E-state index in [9.17, 15) is 27.2 Å². The third-order valence-corrected chi connectivity index (χ3v) is 9.59. The highest BCUT2D eigenvalue weighted by Gasteiger charge is 2.37. The third kappa shape index (κ3) is 9.68. The van der Waals surface area contributed by atoms with Gasteiger partial charge in [0.15, 0.2) is 11.6 Å². The Morgan fingerprint density at radius 1 is 1.00 bits per heavy atom. The second kappa shape index (κ2) is 15.9. The van der Waals surface area contributed by atoms with Gasteiger partial charge in [0.05, 0.1) is 11.8 Å². The number of rotatable bonds is 10. The maximum atomic E-state index is 14.4. The van der Waals surface area contributed by atoms with Crippen molar-refractivity contribution in [1.29, 1.82) is 0 Å². The molecule has 3 aliphatic rings. The Bertz CT molecular complexity index is 1810. The number of anilines is 1. The number of piperidine rings is 1. The zero-order valence-corrected chi connectivity index (χ0v) is 31.2. The normalized spacial score (nSPS) is 17.2. The number of nitrogens with zero attached hydrogens (tertiary/aromatic N) is 7. The van der Waals surface area contributed by atoms with Crippen LogP contribution in [0.3, 0.4) is 0 Å². The lowest BCUT2D eigenvalue weighted by Gasteiger charge is -2.42. The smallest absolute Gasteiger partial charge is 0.410 e. The van der Waals surface area contributed by atoms with Gasteiger partial charge in [-0.25, -0.2) is 19.2 Å². The second-order valence-corrected chi connectivity index (χ2v) is 15.4. The van der Waals surface area contributed by atoms with Crippen LogP contribution >= 0.6 is 0 Å². The van der Waals surface area contributed by atoms with E-state index in [1.807, 2.05) is 31.7 Å². The summed E-state index contributed by atoms with van der Waals surface area (Å²) in [7, 11) is 0. The minimum absolute atomic E-state index is 0.0830. The molecule has 5 heterocycles. The van der Waals surface area contributed by atoms with Crippen LogP contribution in [0.5, 0.6) is 17.2 Å². The molecule has 2 fully saturated rings. The molecule has 54 heavy (non-hydrogen) atoms. The average molecular weight is 758 g/mol. The van der Waals surface area contributed by atoms with E-state index in [1.165, 1.54) is 32.4 Å². The van der Waals surface area contributed by atoms with Crippen LogP contribution in [0.2, 0.25) is 0 Å². The molecule has 2 aromatic heterocycles. The standard InChI is InChI=1S/C38H47F4N7O5/c1-24(2)49(22-38(40,41)42)35(50)28-16-26(39)6-7-31(28)53-33-17-43-23-45-34(33)47-14-9-27(10-15-47)52-32-8-12-44-30-11-13-46(21-29(30)32)18-25-19-48(20-25)36(51)54-37(3,4)5/h6-8,12,16-17,23-25,27H,9-11,13-15,18-22H2,1-5H3. The maximum absolute atomic E-state index is 14.4. The summed E-state index contributed by atoms with van der Waals surface area (Å²) >= 11 is 0. The summed E-state index contributed by atoms with van der Waals surface area (Å²) in [5.74, 6) is -0.123. The van der Waals surface area contributed by atoms with Gasteiger partial charge in [0.2, 0.25) is 0 Å². The lowest BCUT2D eigenvalue weighted by atomic mass is 9.97. The molecule has 292 valence electrons. The molecule has 2 amide bonds. The molecule has 3 aliphatic heterocycles. The van der Waals surface area contributed by atoms with Gasteiger partial charge < -0.3 is 28.9 Å². The average Bonchev–Trinajstić information content (AvgIpc) is 3.08. The number of pyridine rings is 1. The Kier molecular flexibility index (Phi) is 11.5. The number of benzene rings is 1. The number of hydrogen-bond acceptors (Lipinski definition) is 10. The number of aromatic nitrogens is 3. The van der Waals surface area contributed by atoms with Crippen LogP contribution in [0.15, 0.2) is 43.0 Å². The summed E-state index contributed by atoms with van der Waals surface area (Å²) in [5.41, 5.74) is 1.25. The molecule has 12 nitrogen and oxygen atoms in total. The fraction of sp³-hybridized carbons (Fsp3) is 0.553. The maximum Gasteiger partial charge on any atom is 0.410 e. The van der Waals surface area contributed by atoms with Gasteiger partial charge in [-0.3, -0.25) is 14.7 Å². The Morgan fingerprint density at radius 2 is 1.74 bits per heavy atom. The number of halogens is 4. The largest absolute Gasteiger partial charge is 0.490 e. The van der Waals surface area contributed by atoms with Gasteiger partial charge in [0.1, 0.15) is 41.9 Å². The van der Waals surface area contributed by atoms with Crippen molar-refractivity contribution in [3.63, 3.8) is 0 Å². The SMILES string of the molecule is CC(C)N(CC(F)(F)F)C(=O)c1cc(F)ccc1Oc1cncnc1N1CCC(Oc2ccnc3c2CN(CC2CN(C(=O)OC(C)(C)C)C2)CC3)CC1. The first-order valence-corrected chi connectivity index (χ1v) is 18.3. The highest BCUT2D eigenvalue weighted by atomic mass is 19.4. The van der Waals surface area contributed by atoms with Gasteiger partial charge in [0.25, 0.3) is 5.91 Å². The van der Waals surface area contributed by atoms with Crippen LogP contribution in [-0.4, -0.2) is 111 Å². The topological polar surface area (TPSA) is 113 Å². The summed E-state index contributed by atoms with van der Waals surface area (Å²) in [6.45, 7) is 11.9. The van der Waals surface area contributed by atoms with E-state index in [0.29, 0.717) is 62.2 Å². The number of hydrogen-bond donors (Lipinski definition) is 0. The van der Waals surface area contributed by atoms with Crippen molar-refractivity contribution in [2.75, 3.05) is 50.7 Å². The van der Waals surface area contributed by atoms with Gasteiger partial charge in [-0.1, -0.05) is 0 Å². The molecule has 1 aromatic carbocycles. The van der Waals surface area contributed by atoms with E-state index in [-0.39, 0.29) is 29.3 Å². The summed E-state index contributed by atoms with van der Waals surface area (Å²) in [6, 6.07) is 4.27. The molecule has 3 aromatic rings. The van der Waals surface area contributed by atoms with E-state index in [1.54, 1.807) is 11.1 Å². The molecule has 16 heteroatoms. The Labute approximate surface area is 312 Å². The Hall–Kier alpha value is -4.73. The van der Waals surface area contributed by atoms with Crippen LogP contribution in [0.1, 0.15) is 69.1 Å². The number of ether oxygens (including phenoxy) is 3. The molecular weight excluding hydrogens is 710 g/mol. The first-order chi connectivity index (χ1) is 25.5. The van der Waals surface area contributed by atoms with E-state index in [0.717, 1.165) is 48.6 Å². The minimum Gasteiger partial charge on any atom is -0.490 e. The zero-order valence-electron chi connectivity index (χ0n) is 31.2. The summed E-state index contributed by atoms with van der Waals surface area (Å²) < 4.78 is 72.5. The molecule has 0 N–H and O–H groups in total. The Morgan fingerprint density at radius 3 is 2.43 bits per heavy atom. The number of likely N-dealkylation sites (tertiary alicyclic amines) is 1. The van der Waals surface area contributed by atoms with E-state index < -0.39 is 36.1 Å². The lowest BCUT2D eigenvalue weighted by molar-refractivity contribution is -0.143. The molecule has 0 radical (unpaired) electrons. The molecule has 0 saturated carbocycles. The first kappa shape index (κ1) is 39.0. The minimum atomic E-state index is -4.65. The quantitative estimate of drug-likeness (QED) is 0.213. The van der Waals surface area contributed by atoms with E-state index in [4.69, 9.17) is 14.2 Å². The fourth-order valence-corrected chi connectivity index (χ4v) is 6.96. The highest BCUT2D eigenvalue weighted by molar-refractivity contribution is 5.97. The zero-order chi connectivity index (χ0) is 38.8. The van der Waals surface area contributed by atoms with Crippen molar-refractivity contribution in [3.05, 3.63) is 65.6 Å². The van der Waals surface area contributed by atoms with E-state index >= 15 is 0 Å². The van der Waals surface area contributed by atoms with Crippen LogP contribution in [0.25, 0.3) is 0 Å². The monoisotopic (exact) mass is 757 g/mol. The lowest BCUT2D eigenvalue weighted by Crippen LogP contribution is -2.55. The van der Waals surface area contributed by atoms with Crippen molar-refractivity contribution in [2.45, 2.75) is 84.3 Å². The molecule has 0 unspecified atom stereocenters. The predicted octanol–water partition coefficient (Wildman–Crippen LogP) is 6.49. The van der Waals surface area contributed by atoms with Gasteiger partial charge in [-0.05, 0) is 58.9 Å². The van der Waals surface area contributed by atoms with Gasteiger partial charge in [-0.2, -0.15) is 13.2 Å². The van der Waals surface area contributed by atoms with Crippen molar-refractivity contribution < 1.29 is 41.4 Å². The molecule has 0 bridgehead atoms. The van der Waals surface area contributed by atoms with Crippen LogP contribution < -0.4 is 14.4 Å². The van der Waals surface area contributed by atoms with Crippen molar-refractivity contribution in [3.8, 4) is 17.2 Å². The van der Waals surface area contributed by atoms with Crippen LogP contribution in [0.4, 0.5) is 28.2 Å². The first-order valence-electron chi connectivity index (χ1n) is 18.3. The van der Waals surface area contributed by atoms with Crippen molar-refractivity contribution in [2.24, 2.45) is 5.92 Å². The van der Waals surface area contributed by atoms with Crippen molar-refractivity contribution in [1.82, 2.24) is 29.7 Å². The highest BCUT2D eigenvalue weighted by Crippen LogP contribution is 2.36. The summed E-state index contributed by atoms with van der Waals surface area (Å²) in [5, 5.41) is 0. The number of fused-ring (bicyclic) bond motifs is 1. The number of carbonyl (C=O) groups is 2. The molecule has 0 spiro atoms. The fourth-order valence-electron chi connectivity index (χ4n) is 6.96. The number of amides is 2. The van der Waals surface area contributed by atoms with Gasteiger partial charge >= 0.3 is 12.3 Å². The molecule has 2 saturated heterocycles. The summed E-state index contributed by atoms with van der Waals surface area (Å²) in [6.07, 6.45) is 1.68.